The zero-order chi connectivity index (χ0) is 38.1. The highest BCUT2D eigenvalue weighted by Crippen LogP contribution is 2.60. The predicted octanol–water partition coefficient (Wildman–Crippen LogP) is 11.5. The maximum Gasteiger partial charge on any atom is 0.433 e. The lowest BCUT2D eigenvalue weighted by molar-refractivity contribution is -0.157. The van der Waals surface area contributed by atoms with Crippen molar-refractivity contribution >= 4 is 43.4 Å². The monoisotopic (exact) mass is 785 g/mol. The molecular formula is C39H56Cl2F3N3O4Si. The van der Waals surface area contributed by atoms with Crippen LogP contribution in [-0.4, -0.2) is 54.6 Å². The zero-order valence-electron chi connectivity index (χ0n) is 31.6. The van der Waals surface area contributed by atoms with Gasteiger partial charge in [-0.15, -0.1) is 0 Å². The summed E-state index contributed by atoms with van der Waals surface area (Å²) >= 11 is 13.6. The van der Waals surface area contributed by atoms with Crippen LogP contribution in [0.1, 0.15) is 140 Å². The maximum atomic E-state index is 15.2. The van der Waals surface area contributed by atoms with E-state index in [1.54, 1.807) is 36.9 Å². The average molecular weight is 787 g/mol. The first-order chi connectivity index (χ1) is 24.5. The molecule has 0 radical (unpaired) electrons. The fourth-order valence-electron chi connectivity index (χ4n) is 8.65. The Labute approximate surface area is 318 Å². The molecule has 52 heavy (non-hydrogen) atoms. The second-order valence-electron chi connectivity index (χ2n) is 16.3. The third-order valence-corrected chi connectivity index (χ3v) is 18.1. The highest BCUT2D eigenvalue weighted by Gasteiger charge is 2.50. The number of rotatable bonds is 14. The molecule has 3 saturated carbocycles. The number of nitrogens with zero attached hydrogens (tertiary/aromatic N) is 3. The molecule has 1 amide bonds. The minimum absolute atomic E-state index is 0.00156. The Morgan fingerprint density at radius 3 is 2.02 bits per heavy atom. The average Bonchev–Trinajstić information content (AvgIpc) is 3.72. The van der Waals surface area contributed by atoms with E-state index in [0.29, 0.717) is 46.7 Å². The lowest BCUT2D eigenvalue weighted by Gasteiger charge is -2.43. The smallest absolute Gasteiger partial charge is 0.433 e. The van der Waals surface area contributed by atoms with Crippen molar-refractivity contribution in [2.75, 3.05) is 19.7 Å². The summed E-state index contributed by atoms with van der Waals surface area (Å²) in [6.07, 6.45) is 3.15. The van der Waals surface area contributed by atoms with Gasteiger partial charge in [0.05, 0.1) is 42.5 Å². The van der Waals surface area contributed by atoms with Crippen molar-refractivity contribution in [3.63, 3.8) is 0 Å². The van der Waals surface area contributed by atoms with E-state index in [0.717, 1.165) is 54.7 Å². The van der Waals surface area contributed by atoms with Gasteiger partial charge < -0.3 is 14.1 Å². The number of carbonyl (C=O) groups is 2. The lowest BCUT2D eigenvalue weighted by Crippen LogP contribution is -2.46. The summed E-state index contributed by atoms with van der Waals surface area (Å²) in [5, 5.41) is 5.05. The van der Waals surface area contributed by atoms with Gasteiger partial charge in [-0.05, 0) is 119 Å². The van der Waals surface area contributed by atoms with Gasteiger partial charge in [0.25, 0.3) is 5.91 Å². The normalized spacial score (nSPS) is 23.3. The summed E-state index contributed by atoms with van der Waals surface area (Å²) in [5.74, 6) is -1.07. The van der Waals surface area contributed by atoms with Gasteiger partial charge in [0, 0.05) is 22.2 Å². The number of halogens is 5. The van der Waals surface area contributed by atoms with Crippen LogP contribution in [0.3, 0.4) is 0 Å². The van der Waals surface area contributed by atoms with Crippen LogP contribution >= 0.6 is 23.2 Å². The van der Waals surface area contributed by atoms with Crippen molar-refractivity contribution in [3.8, 4) is 0 Å². The fraction of sp³-hybridized carbons (Fsp3) is 0.718. The molecule has 1 aromatic heterocycles. The number of benzene rings is 1. The van der Waals surface area contributed by atoms with Crippen LogP contribution in [0.4, 0.5) is 13.2 Å². The van der Waals surface area contributed by atoms with Gasteiger partial charge in [0.2, 0.25) is 0 Å². The van der Waals surface area contributed by atoms with E-state index in [1.165, 1.54) is 12.8 Å². The van der Waals surface area contributed by atoms with Crippen LogP contribution < -0.4 is 0 Å². The van der Waals surface area contributed by atoms with Crippen LogP contribution in [-0.2, 0) is 20.1 Å². The number of hydrogen-bond donors (Lipinski definition) is 0. The van der Waals surface area contributed by atoms with Crippen LogP contribution in [0, 0.1) is 16.2 Å². The van der Waals surface area contributed by atoms with E-state index in [4.69, 9.17) is 32.4 Å². The molecule has 3 aliphatic rings. The second-order valence-corrected chi connectivity index (χ2v) is 21.9. The molecule has 1 heterocycles. The number of hydrogen-bond acceptors (Lipinski definition) is 5. The first-order valence-electron chi connectivity index (χ1n) is 19.2. The Balaban J connectivity index is 1.54. The van der Waals surface area contributed by atoms with Gasteiger partial charge in [-0.25, -0.2) is 0 Å². The van der Waals surface area contributed by atoms with E-state index in [2.05, 4.69) is 32.8 Å². The van der Waals surface area contributed by atoms with Gasteiger partial charge >= 0.3 is 12.1 Å². The Hall–Kier alpha value is -2.08. The molecule has 0 N–H and O–H groups in total. The van der Waals surface area contributed by atoms with Gasteiger partial charge in [-0.1, -0.05) is 57.0 Å². The highest BCUT2D eigenvalue weighted by atomic mass is 35.5. The summed E-state index contributed by atoms with van der Waals surface area (Å²) in [7, 11) is -2.34. The fourth-order valence-corrected chi connectivity index (χ4v) is 12.1. The Morgan fingerprint density at radius 1 is 0.962 bits per heavy atom. The SMILES string of the molecule is CCOC(=O)C1(C)CCC(n2ncc(C(=O)N(CC(O[Si](CC)(CC)CC)c3c(Cl)cccc3Cl)CC3(C)CCC4(CC3)CC4)c2C(F)(F)F)CC1. The summed E-state index contributed by atoms with van der Waals surface area (Å²) in [5.41, 5.74) is -1.63. The number of alkyl halides is 3. The Kier molecular flexibility index (Phi) is 12.6. The predicted molar refractivity (Wildman–Crippen MR) is 201 cm³/mol. The standard InChI is InChI=1S/C39H56Cl2F3N3O4Si/c1-7-50-35(49)37(6)16-14-27(15-17-37)47-33(39(42,43)44)28(24-45-47)34(48)46(26-36(5)18-20-38(21-19-36)22-23-38)25-31(51-52(8-2,9-3)10-4)32-29(40)12-11-13-30(32)41/h11-13,24,27,31H,7-10,14-23,25-26H2,1-6H3. The summed E-state index contributed by atoms with van der Waals surface area (Å²) in [6.45, 7) is 12.5. The Morgan fingerprint density at radius 2 is 1.52 bits per heavy atom. The molecule has 1 unspecified atom stereocenters. The lowest BCUT2D eigenvalue weighted by atomic mass is 9.70. The minimum atomic E-state index is -4.85. The van der Waals surface area contributed by atoms with Gasteiger partial charge in [-0.3, -0.25) is 14.3 Å². The topological polar surface area (TPSA) is 73.7 Å². The maximum absolute atomic E-state index is 15.2. The third kappa shape index (κ3) is 8.73. The van der Waals surface area contributed by atoms with E-state index >= 15 is 13.2 Å². The summed E-state index contributed by atoms with van der Waals surface area (Å²) in [6, 6.07) is 7.08. The number of amides is 1. The van der Waals surface area contributed by atoms with Crippen molar-refractivity contribution in [2.24, 2.45) is 16.2 Å². The van der Waals surface area contributed by atoms with Crippen molar-refractivity contribution < 1.29 is 31.9 Å². The molecule has 3 aliphatic carbocycles. The summed E-state index contributed by atoms with van der Waals surface area (Å²) < 4.78 is 58.8. The largest absolute Gasteiger partial charge is 0.466 e. The molecule has 5 rings (SSSR count). The number of esters is 1. The molecule has 0 aliphatic heterocycles. The van der Waals surface area contributed by atoms with Crippen LogP contribution in [0.25, 0.3) is 0 Å². The van der Waals surface area contributed by atoms with Crippen LogP contribution in [0.15, 0.2) is 24.4 Å². The molecule has 0 bridgehead atoms. The number of aromatic nitrogens is 2. The van der Waals surface area contributed by atoms with E-state index in [9.17, 15) is 9.59 Å². The van der Waals surface area contributed by atoms with Gasteiger partial charge in [0.1, 0.15) is 0 Å². The zero-order valence-corrected chi connectivity index (χ0v) is 34.2. The first-order valence-corrected chi connectivity index (χ1v) is 22.5. The van der Waals surface area contributed by atoms with Gasteiger partial charge in [0.15, 0.2) is 14.0 Å². The van der Waals surface area contributed by atoms with Crippen molar-refractivity contribution in [2.45, 2.75) is 142 Å². The molecule has 0 saturated heterocycles. The molecule has 1 spiro atoms. The van der Waals surface area contributed by atoms with Gasteiger partial charge in [-0.2, -0.15) is 18.3 Å². The second kappa shape index (κ2) is 15.9. The van der Waals surface area contributed by atoms with E-state index < -0.39 is 49.2 Å². The van der Waals surface area contributed by atoms with Crippen LogP contribution in [0.5, 0.6) is 0 Å². The van der Waals surface area contributed by atoms with Crippen molar-refractivity contribution in [1.82, 2.24) is 14.7 Å². The number of carbonyl (C=O) groups excluding carboxylic acids is 2. The molecular weight excluding hydrogens is 730 g/mol. The molecule has 13 heteroatoms. The molecule has 2 aromatic rings. The quantitative estimate of drug-likeness (QED) is 0.141. The molecule has 1 aromatic carbocycles. The highest BCUT2D eigenvalue weighted by molar-refractivity contribution is 6.73. The van der Waals surface area contributed by atoms with Crippen molar-refractivity contribution in [1.29, 1.82) is 0 Å². The minimum Gasteiger partial charge on any atom is -0.466 e. The molecule has 3 fully saturated rings. The summed E-state index contributed by atoms with van der Waals surface area (Å²) in [4.78, 5) is 29.1. The molecule has 7 nitrogen and oxygen atoms in total. The van der Waals surface area contributed by atoms with Crippen LogP contribution in [0.2, 0.25) is 28.2 Å². The first kappa shape index (κ1) is 41.1. The molecule has 290 valence electrons. The molecule has 1 atom stereocenters. The Bertz CT molecular complexity index is 1550. The van der Waals surface area contributed by atoms with E-state index in [-0.39, 0.29) is 31.1 Å². The third-order valence-electron chi connectivity index (χ3n) is 12.8. The van der Waals surface area contributed by atoms with Crippen molar-refractivity contribution in [3.05, 3.63) is 51.3 Å². The number of ether oxygens (including phenoxy) is 1. The van der Waals surface area contributed by atoms with E-state index in [1.807, 2.05) is 0 Å².